The second-order valence-electron chi connectivity index (χ2n) is 3.61. The molecule has 0 bridgehead atoms. The number of aliphatic carboxylic acids is 1. The molecule has 0 aliphatic carbocycles. The van der Waals surface area contributed by atoms with Crippen molar-refractivity contribution < 1.29 is 9.90 Å². The molecule has 0 aliphatic heterocycles. The molecule has 2 heterocycles. The predicted octanol–water partition coefficient (Wildman–Crippen LogP) is 0.361. The van der Waals surface area contributed by atoms with Crippen molar-refractivity contribution >= 4 is 17.1 Å². The summed E-state index contributed by atoms with van der Waals surface area (Å²) in [5.41, 5.74) is 7.27. The van der Waals surface area contributed by atoms with Crippen LogP contribution in [0.5, 0.6) is 0 Å². The Bertz CT molecular complexity index is 561. The van der Waals surface area contributed by atoms with Crippen LogP contribution in [0.25, 0.3) is 11.2 Å². The Balaban J connectivity index is 2.71. The van der Waals surface area contributed by atoms with Crippen molar-refractivity contribution in [2.45, 2.75) is 13.0 Å². The molecular weight excluding hydrogens is 208 g/mol. The van der Waals surface area contributed by atoms with E-state index >= 15 is 0 Å². The number of imidazole rings is 1. The van der Waals surface area contributed by atoms with Crippen molar-refractivity contribution in [3.8, 4) is 0 Å². The maximum Gasteiger partial charge on any atom is 0.325 e. The van der Waals surface area contributed by atoms with Crippen LogP contribution in [0.4, 0.5) is 0 Å². The number of nitrogens with two attached hydrogens (primary N) is 1. The summed E-state index contributed by atoms with van der Waals surface area (Å²) in [4.78, 5) is 19.3. The molecule has 6 nitrogen and oxygen atoms in total. The Kier molecular flexibility index (Phi) is 2.35. The molecule has 0 aromatic carbocycles. The van der Waals surface area contributed by atoms with Crippen LogP contribution in [0.3, 0.4) is 0 Å². The van der Waals surface area contributed by atoms with Gasteiger partial charge < -0.3 is 15.4 Å². The van der Waals surface area contributed by atoms with Gasteiger partial charge in [-0.1, -0.05) is 0 Å². The zero-order chi connectivity index (χ0) is 11.9. The second kappa shape index (κ2) is 3.57. The first kappa shape index (κ1) is 10.6. The van der Waals surface area contributed by atoms with Crippen LogP contribution in [0.2, 0.25) is 0 Å². The Morgan fingerprint density at radius 1 is 1.62 bits per heavy atom. The van der Waals surface area contributed by atoms with Crippen LogP contribution in [0.1, 0.15) is 17.4 Å². The van der Waals surface area contributed by atoms with Crippen LogP contribution in [0.15, 0.2) is 12.3 Å². The Morgan fingerprint density at radius 2 is 2.31 bits per heavy atom. The number of carbonyl (C=O) groups is 1. The summed E-state index contributed by atoms with van der Waals surface area (Å²) in [6, 6.07) is 0.521. The summed E-state index contributed by atoms with van der Waals surface area (Å²) < 4.78 is 1.80. The Hall–Kier alpha value is -1.95. The number of aryl methyl sites for hydroxylation is 2. The van der Waals surface area contributed by atoms with E-state index in [0.717, 1.165) is 5.82 Å². The zero-order valence-electron chi connectivity index (χ0n) is 9.01. The molecule has 2 rings (SSSR count). The van der Waals surface area contributed by atoms with Crippen LogP contribution in [0, 0.1) is 6.92 Å². The van der Waals surface area contributed by atoms with Gasteiger partial charge in [-0.15, -0.1) is 0 Å². The topological polar surface area (TPSA) is 94.0 Å². The molecule has 0 aliphatic rings. The minimum absolute atomic E-state index is 0.487. The monoisotopic (exact) mass is 220 g/mol. The zero-order valence-corrected chi connectivity index (χ0v) is 9.01. The van der Waals surface area contributed by atoms with Crippen molar-refractivity contribution in [2.75, 3.05) is 0 Å². The molecule has 16 heavy (non-hydrogen) atoms. The third-order valence-corrected chi connectivity index (χ3v) is 2.61. The average Bonchev–Trinajstić information content (AvgIpc) is 2.54. The van der Waals surface area contributed by atoms with Gasteiger partial charge in [0, 0.05) is 18.8 Å². The molecule has 0 saturated carbocycles. The van der Waals surface area contributed by atoms with Crippen molar-refractivity contribution in [3.63, 3.8) is 0 Å². The number of pyridine rings is 1. The molecule has 3 N–H and O–H groups in total. The maximum atomic E-state index is 10.9. The fourth-order valence-corrected chi connectivity index (χ4v) is 1.59. The lowest BCUT2D eigenvalue weighted by molar-refractivity contribution is -0.138. The van der Waals surface area contributed by atoms with Crippen molar-refractivity contribution in [2.24, 2.45) is 12.8 Å². The highest BCUT2D eigenvalue weighted by Crippen LogP contribution is 2.21. The molecule has 84 valence electrons. The molecule has 0 fully saturated rings. The summed E-state index contributed by atoms with van der Waals surface area (Å²) in [5, 5.41) is 8.89. The number of rotatable bonds is 2. The number of hydrogen-bond donors (Lipinski definition) is 2. The Morgan fingerprint density at radius 3 is 2.94 bits per heavy atom. The number of aromatic nitrogens is 3. The minimum Gasteiger partial charge on any atom is -0.480 e. The second-order valence-corrected chi connectivity index (χ2v) is 3.61. The molecule has 0 spiro atoms. The van der Waals surface area contributed by atoms with Gasteiger partial charge in [-0.3, -0.25) is 4.79 Å². The summed E-state index contributed by atoms with van der Waals surface area (Å²) in [7, 11) is 1.83. The molecule has 1 unspecified atom stereocenters. The smallest absolute Gasteiger partial charge is 0.325 e. The number of nitrogens with zero attached hydrogens (tertiary/aromatic N) is 3. The van der Waals surface area contributed by atoms with Gasteiger partial charge in [-0.25, -0.2) is 9.97 Å². The highest BCUT2D eigenvalue weighted by molar-refractivity contribution is 5.84. The molecule has 6 heteroatoms. The van der Waals surface area contributed by atoms with Gasteiger partial charge in [0.25, 0.3) is 0 Å². The van der Waals surface area contributed by atoms with E-state index in [1.807, 2.05) is 14.0 Å². The first-order chi connectivity index (χ1) is 7.52. The third-order valence-electron chi connectivity index (χ3n) is 2.61. The summed E-state index contributed by atoms with van der Waals surface area (Å²) in [6.45, 7) is 1.83. The fourth-order valence-electron chi connectivity index (χ4n) is 1.59. The van der Waals surface area contributed by atoms with Crippen molar-refractivity contribution in [1.82, 2.24) is 14.5 Å². The lowest BCUT2D eigenvalue weighted by Gasteiger charge is -2.06. The van der Waals surface area contributed by atoms with Gasteiger partial charge in [0.2, 0.25) is 0 Å². The van der Waals surface area contributed by atoms with Crippen molar-refractivity contribution in [1.29, 1.82) is 0 Å². The largest absolute Gasteiger partial charge is 0.480 e. The number of fused-ring (bicyclic) bond motifs is 1. The first-order valence-electron chi connectivity index (χ1n) is 4.78. The average molecular weight is 220 g/mol. The highest BCUT2D eigenvalue weighted by atomic mass is 16.4. The predicted molar refractivity (Wildman–Crippen MR) is 57.8 cm³/mol. The van der Waals surface area contributed by atoms with Crippen LogP contribution in [-0.2, 0) is 11.8 Å². The van der Waals surface area contributed by atoms with Gasteiger partial charge >= 0.3 is 5.97 Å². The Labute approximate surface area is 91.7 Å². The van der Waals surface area contributed by atoms with Crippen LogP contribution < -0.4 is 5.73 Å². The third kappa shape index (κ3) is 1.43. The number of hydrogen-bond acceptors (Lipinski definition) is 4. The molecule has 2 aromatic rings. The summed E-state index contributed by atoms with van der Waals surface area (Å²) in [5.74, 6) is -0.302. The van der Waals surface area contributed by atoms with E-state index in [9.17, 15) is 4.79 Å². The number of carboxylic acid groups (broad SMARTS) is 1. The number of carboxylic acids is 1. The maximum absolute atomic E-state index is 10.9. The van der Waals surface area contributed by atoms with Gasteiger partial charge in [-0.05, 0) is 13.0 Å². The normalized spacial score (nSPS) is 12.9. The summed E-state index contributed by atoms with van der Waals surface area (Å²) in [6.07, 6.45) is 1.54. The summed E-state index contributed by atoms with van der Waals surface area (Å²) >= 11 is 0. The van der Waals surface area contributed by atoms with Crippen LogP contribution in [-0.4, -0.2) is 25.6 Å². The SMILES string of the molecule is Cc1nc2c(C(N)C(=O)O)ccnc2n1C. The van der Waals surface area contributed by atoms with E-state index < -0.39 is 12.0 Å². The quantitative estimate of drug-likeness (QED) is 0.762. The molecule has 0 amide bonds. The first-order valence-corrected chi connectivity index (χ1v) is 4.78. The van der Waals surface area contributed by atoms with E-state index in [0.29, 0.717) is 16.7 Å². The van der Waals surface area contributed by atoms with E-state index in [2.05, 4.69) is 9.97 Å². The highest BCUT2D eigenvalue weighted by Gasteiger charge is 2.20. The fraction of sp³-hybridized carbons (Fsp3) is 0.300. The van der Waals surface area contributed by atoms with Gasteiger partial charge in [0.1, 0.15) is 17.4 Å². The van der Waals surface area contributed by atoms with Crippen molar-refractivity contribution in [3.05, 3.63) is 23.7 Å². The van der Waals surface area contributed by atoms with Gasteiger partial charge in [0.15, 0.2) is 5.65 Å². The van der Waals surface area contributed by atoms with E-state index in [4.69, 9.17) is 10.8 Å². The molecule has 0 radical (unpaired) electrons. The molecule has 0 saturated heterocycles. The molecule has 1 atom stereocenters. The lowest BCUT2D eigenvalue weighted by atomic mass is 10.1. The van der Waals surface area contributed by atoms with E-state index in [1.165, 1.54) is 0 Å². The standard InChI is InChI=1S/C10H12N4O2/c1-5-13-8-6(7(11)10(15)16)3-4-12-9(8)14(5)2/h3-4,7H,11H2,1-2H3,(H,15,16). The molecule has 2 aromatic heterocycles. The van der Waals surface area contributed by atoms with Gasteiger partial charge in [0.05, 0.1) is 0 Å². The van der Waals surface area contributed by atoms with E-state index in [-0.39, 0.29) is 0 Å². The van der Waals surface area contributed by atoms with Crippen LogP contribution >= 0.6 is 0 Å². The van der Waals surface area contributed by atoms with E-state index in [1.54, 1.807) is 16.8 Å². The minimum atomic E-state index is -1.07. The molecular formula is C10H12N4O2. The van der Waals surface area contributed by atoms with Gasteiger partial charge in [-0.2, -0.15) is 0 Å². The lowest BCUT2D eigenvalue weighted by Crippen LogP contribution is -2.21.